The Hall–Kier alpha value is -2.91. The van der Waals surface area contributed by atoms with Gasteiger partial charge in [-0.05, 0) is 49.4 Å². The Morgan fingerprint density at radius 1 is 1.34 bits per heavy atom. The lowest BCUT2D eigenvalue weighted by atomic mass is 10.0. The SMILES string of the molecule is CCS(=O)(=O)NC(c1cncc(C2=COc3c(cccc3C(N)=O)O2)c1)C1CC1. The van der Waals surface area contributed by atoms with Crippen LogP contribution in [-0.4, -0.2) is 25.1 Å². The molecule has 3 N–H and O–H groups in total. The molecule has 1 amide bonds. The van der Waals surface area contributed by atoms with E-state index in [0.717, 1.165) is 18.4 Å². The van der Waals surface area contributed by atoms with E-state index in [1.54, 1.807) is 37.5 Å². The summed E-state index contributed by atoms with van der Waals surface area (Å²) in [6.07, 6.45) is 6.59. The van der Waals surface area contributed by atoms with Crippen molar-refractivity contribution in [1.82, 2.24) is 9.71 Å². The number of amides is 1. The Kier molecular flexibility index (Phi) is 5.01. The van der Waals surface area contributed by atoms with Crippen LogP contribution in [0.25, 0.3) is 5.76 Å². The number of nitrogens with one attached hydrogen (secondary N) is 1. The van der Waals surface area contributed by atoms with E-state index in [4.69, 9.17) is 15.2 Å². The van der Waals surface area contributed by atoms with E-state index in [0.29, 0.717) is 17.1 Å². The topological polar surface area (TPSA) is 121 Å². The maximum atomic E-state index is 12.1. The van der Waals surface area contributed by atoms with E-state index in [2.05, 4.69) is 9.71 Å². The summed E-state index contributed by atoms with van der Waals surface area (Å²) in [5.74, 6) is 0.700. The Bertz CT molecular complexity index is 1090. The van der Waals surface area contributed by atoms with Crippen molar-refractivity contribution in [2.75, 3.05) is 5.75 Å². The number of hydrogen-bond acceptors (Lipinski definition) is 6. The number of fused-ring (bicyclic) bond motifs is 1. The molecule has 0 bridgehead atoms. The minimum absolute atomic E-state index is 0.0183. The minimum atomic E-state index is -3.35. The molecule has 1 fully saturated rings. The molecular weight excluding hydrogens is 394 g/mol. The predicted molar refractivity (Wildman–Crippen MR) is 106 cm³/mol. The molecule has 152 valence electrons. The number of pyridine rings is 1. The van der Waals surface area contributed by atoms with Gasteiger partial charge < -0.3 is 15.2 Å². The normalized spacial score (nSPS) is 16.8. The number of nitrogens with zero attached hydrogens (tertiary/aromatic N) is 1. The van der Waals surface area contributed by atoms with E-state index >= 15 is 0 Å². The average Bonchev–Trinajstić information content (AvgIpc) is 3.56. The molecule has 9 heteroatoms. The van der Waals surface area contributed by atoms with Gasteiger partial charge in [0, 0.05) is 18.0 Å². The number of aromatic nitrogens is 1. The van der Waals surface area contributed by atoms with Gasteiger partial charge in [0.25, 0.3) is 5.91 Å². The van der Waals surface area contributed by atoms with Crippen LogP contribution in [0, 0.1) is 5.92 Å². The number of benzene rings is 1. The summed E-state index contributed by atoms with van der Waals surface area (Å²) < 4.78 is 38.5. The zero-order chi connectivity index (χ0) is 20.6. The number of ether oxygens (including phenoxy) is 2. The molecule has 8 nitrogen and oxygen atoms in total. The molecule has 4 rings (SSSR count). The van der Waals surface area contributed by atoms with E-state index < -0.39 is 15.9 Å². The van der Waals surface area contributed by atoms with Gasteiger partial charge in [-0.25, -0.2) is 13.1 Å². The molecule has 0 saturated heterocycles. The van der Waals surface area contributed by atoms with E-state index in [1.807, 2.05) is 6.07 Å². The highest BCUT2D eigenvalue weighted by molar-refractivity contribution is 7.89. The number of primary amides is 1. The third kappa shape index (κ3) is 4.10. The number of nitrogens with two attached hydrogens (primary N) is 1. The van der Waals surface area contributed by atoms with Gasteiger partial charge in [-0.1, -0.05) is 6.07 Å². The monoisotopic (exact) mass is 415 g/mol. The first-order valence-electron chi connectivity index (χ1n) is 9.31. The first kappa shape index (κ1) is 19.4. The predicted octanol–water partition coefficient (Wildman–Crippen LogP) is 2.34. The molecule has 1 atom stereocenters. The van der Waals surface area contributed by atoms with E-state index in [-0.39, 0.29) is 29.0 Å². The third-order valence-corrected chi connectivity index (χ3v) is 6.30. The van der Waals surface area contributed by atoms with Crippen molar-refractivity contribution in [2.45, 2.75) is 25.8 Å². The molecular formula is C20H21N3O5S. The van der Waals surface area contributed by atoms with Crippen LogP contribution in [0.1, 0.15) is 47.3 Å². The molecule has 1 unspecified atom stereocenters. The highest BCUT2D eigenvalue weighted by Crippen LogP contribution is 2.42. The van der Waals surface area contributed by atoms with Crippen LogP contribution < -0.4 is 19.9 Å². The molecule has 1 aromatic carbocycles. The lowest BCUT2D eigenvalue weighted by molar-refractivity contribution is 0.0997. The largest absolute Gasteiger partial charge is 0.456 e. The van der Waals surface area contributed by atoms with Crippen LogP contribution in [0.4, 0.5) is 0 Å². The smallest absolute Gasteiger partial charge is 0.252 e. The second-order valence-electron chi connectivity index (χ2n) is 7.04. The lowest BCUT2D eigenvalue weighted by Crippen LogP contribution is -2.31. The van der Waals surface area contributed by atoms with Gasteiger partial charge in [0.1, 0.15) is 6.26 Å². The fourth-order valence-corrected chi connectivity index (χ4v) is 4.08. The lowest BCUT2D eigenvalue weighted by Gasteiger charge is -2.21. The molecule has 1 aliphatic heterocycles. The Morgan fingerprint density at radius 3 is 2.83 bits per heavy atom. The van der Waals surface area contributed by atoms with Crippen LogP contribution in [0.2, 0.25) is 0 Å². The molecule has 1 aromatic heterocycles. The van der Waals surface area contributed by atoms with Crippen LogP contribution >= 0.6 is 0 Å². The third-order valence-electron chi connectivity index (χ3n) is 4.93. The summed E-state index contributed by atoms with van der Waals surface area (Å²) >= 11 is 0. The van der Waals surface area contributed by atoms with Gasteiger partial charge in [0.15, 0.2) is 17.3 Å². The van der Waals surface area contributed by atoms with Crippen molar-refractivity contribution in [3.05, 3.63) is 59.6 Å². The summed E-state index contributed by atoms with van der Waals surface area (Å²) in [5, 5.41) is 0. The number of rotatable bonds is 7. The Labute approximate surface area is 168 Å². The number of hydrogen-bond donors (Lipinski definition) is 2. The van der Waals surface area contributed by atoms with Crippen LogP contribution in [0.5, 0.6) is 11.5 Å². The molecule has 0 spiro atoms. The molecule has 2 aromatic rings. The van der Waals surface area contributed by atoms with Crippen molar-refractivity contribution in [2.24, 2.45) is 11.7 Å². The zero-order valence-electron chi connectivity index (χ0n) is 15.8. The highest BCUT2D eigenvalue weighted by atomic mass is 32.2. The summed E-state index contributed by atoms with van der Waals surface area (Å²) in [5.41, 5.74) is 7.01. The standard InChI is InChI=1S/C20H21N3O5S/c1-2-29(25,26)23-18(12-6-7-12)14-8-13(9-22-10-14)17-11-27-19-15(20(21)24)4-3-5-16(19)28-17/h3-5,8-12,18,23H,2,6-7H2,1H3,(H2,21,24). The van der Waals surface area contributed by atoms with Crippen LogP contribution in [0.15, 0.2) is 42.9 Å². The number of carbonyl (C=O) groups is 1. The Morgan fingerprint density at radius 2 is 2.14 bits per heavy atom. The number of carbonyl (C=O) groups excluding carboxylic acids is 1. The van der Waals surface area contributed by atoms with Crippen molar-refractivity contribution in [1.29, 1.82) is 0 Å². The Balaban J connectivity index is 1.62. The first-order valence-corrected chi connectivity index (χ1v) is 11.0. The molecule has 1 saturated carbocycles. The molecule has 29 heavy (non-hydrogen) atoms. The van der Waals surface area contributed by atoms with Crippen molar-refractivity contribution >= 4 is 21.7 Å². The first-order chi connectivity index (χ1) is 13.9. The van der Waals surface area contributed by atoms with Crippen molar-refractivity contribution < 1.29 is 22.7 Å². The maximum absolute atomic E-state index is 12.1. The summed E-state index contributed by atoms with van der Waals surface area (Å²) in [6.45, 7) is 1.61. The average molecular weight is 415 g/mol. The maximum Gasteiger partial charge on any atom is 0.252 e. The quantitative estimate of drug-likeness (QED) is 0.716. The molecule has 2 aliphatic rings. The van der Waals surface area contributed by atoms with Gasteiger partial charge in [-0.2, -0.15) is 0 Å². The second-order valence-corrected chi connectivity index (χ2v) is 9.08. The van der Waals surface area contributed by atoms with Crippen molar-refractivity contribution in [3.8, 4) is 11.5 Å². The van der Waals surface area contributed by atoms with Gasteiger partial charge in [-0.15, -0.1) is 0 Å². The summed E-state index contributed by atoms with van der Waals surface area (Å²) in [6, 6.07) is 6.40. The van der Waals surface area contributed by atoms with Crippen molar-refractivity contribution in [3.63, 3.8) is 0 Å². The molecule has 2 heterocycles. The van der Waals surface area contributed by atoms with E-state index in [1.165, 1.54) is 6.26 Å². The fraction of sp³-hybridized carbons (Fsp3) is 0.300. The minimum Gasteiger partial charge on any atom is -0.456 e. The number of para-hydroxylation sites is 1. The molecule has 0 radical (unpaired) electrons. The number of sulfonamides is 1. The summed E-state index contributed by atoms with van der Waals surface area (Å²) in [7, 11) is -3.35. The van der Waals surface area contributed by atoms with Gasteiger partial charge in [0.05, 0.1) is 17.4 Å². The van der Waals surface area contributed by atoms with E-state index in [9.17, 15) is 13.2 Å². The molecule has 1 aliphatic carbocycles. The van der Waals surface area contributed by atoms with Gasteiger partial charge >= 0.3 is 0 Å². The second kappa shape index (κ2) is 7.49. The highest BCUT2D eigenvalue weighted by Gasteiger charge is 2.35. The fourth-order valence-electron chi connectivity index (χ4n) is 3.20. The summed E-state index contributed by atoms with van der Waals surface area (Å²) in [4.78, 5) is 15.8. The zero-order valence-corrected chi connectivity index (χ0v) is 16.6. The van der Waals surface area contributed by atoms with Crippen LogP contribution in [0.3, 0.4) is 0 Å². The van der Waals surface area contributed by atoms with Crippen LogP contribution in [-0.2, 0) is 10.0 Å². The van der Waals surface area contributed by atoms with Gasteiger partial charge in [0.2, 0.25) is 10.0 Å². The van der Waals surface area contributed by atoms with Gasteiger partial charge in [-0.3, -0.25) is 9.78 Å².